The second-order valence-corrected chi connectivity index (χ2v) is 4.44. The van der Waals surface area contributed by atoms with Crippen molar-refractivity contribution in [3.8, 4) is 11.5 Å². The van der Waals surface area contributed by atoms with Crippen LogP contribution in [-0.4, -0.2) is 36.2 Å². The van der Waals surface area contributed by atoms with E-state index in [0.717, 1.165) is 24.3 Å². The minimum absolute atomic E-state index is 0.303. The second kappa shape index (κ2) is 3.52. The van der Waals surface area contributed by atoms with Crippen molar-refractivity contribution in [1.29, 1.82) is 0 Å². The fraction of sp³-hybridized carbons (Fsp3) is 0.385. The van der Waals surface area contributed by atoms with E-state index in [1.807, 2.05) is 6.07 Å². The number of aromatic hydroxyl groups is 1. The van der Waals surface area contributed by atoms with E-state index in [0.29, 0.717) is 18.4 Å². The smallest absolute Gasteiger partial charge is 0.127 e. The van der Waals surface area contributed by atoms with Crippen LogP contribution in [0.1, 0.15) is 12.0 Å². The molecule has 0 radical (unpaired) electrons. The predicted octanol–water partition coefficient (Wildman–Crippen LogP) is 1.87. The molecule has 0 fully saturated rings. The number of fused-ring (bicyclic) bond motifs is 3. The van der Waals surface area contributed by atoms with Crippen molar-refractivity contribution in [2.45, 2.75) is 12.5 Å². The Hall–Kier alpha value is -1.48. The Morgan fingerprint density at radius 3 is 3.19 bits per heavy atom. The van der Waals surface area contributed by atoms with E-state index >= 15 is 0 Å². The summed E-state index contributed by atoms with van der Waals surface area (Å²) in [5, 5.41) is 9.55. The molecule has 3 rings (SSSR count). The standard InChI is InChI=1S/C13H15NO2/c1-14-6-2-3-10-11-7-9(15)4-5-13(11)16-8-12(10)14/h3-5,7,12,15H,2,6,8H2,1H3. The van der Waals surface area contributed by atoms with E-state index in [4.69, 9.17) is 4.74 Å². The highest BCUT2D eigenvalue weighted by Crippen LogP contribution is 2.38. The van der Waals surface area contributed by atoms with Crippen molar-refractivity contribution in [1.82, 2.24) is 4.90 Å². The summed E-state index contributed by atoms with van der Waals surface area (Å²) in [4.78, 5) is 2.31. The lowest BCUT2D eigenvalue weighted by Crippen LogP contribution is -2.42. The molecule has 1 atom stereocenters. The van der Waals surface area contributed by atoms with Crippen molar-refractivity contribution >= 4 is 5.57 Å². The molecule has 0 aromatic heterocycles. The van der Waals surface area contributed by atoms with Crippen LogP contribution in [0.2, 0.25) is 0 Å². The van der Waals surface area contributed by atoms with Gasteiger partial charge in [-0.25, -0.2) is 0 Å². The first kappa shape index (κ1) is 9.73. The van der Waals surface area contributed by atoms with E-state index in [1.165, 1.54) is 5.57 Å². The SMILES string of the molecule is CN1CCC=C2c3cc(O)ccc3OCC21. The second-order valence-electron chi connectivity index (χ2n) is 4.44. The van der Waals surface area contributed by atoms with Gasteiger partial charge in [-0.3, -0.25) is 4.90 Å². The predicted molar refractivity (Wildman–Crippen MR) is 62.6 cm³/mol. The lowest BCUT2D eigenvalue weighted by molar-refractivity contribution is 0.183. The van der Waals surface area contributed by atoms with E-state index in [9.17, 15) is 5.11 Å². The highest BCUT2D eigenvalue weighted by molar-refractivity contribution is 5.77. The number of ether oxygens (including phenoxy) is 1. The van der Waals surface area contributed by atoms with E-state index in [2.05, 4.69) is 18.0 Å². The van der Waals surface area contributed by atoms with Crippen LogP contribution in [0, 0.1) is 0 Å². The number of phenols is 1. The molecule has 1 N–H and O–H groups in total. The van der Waals surface area contributed by atoms with E-state index in [1.54, 1.807) is 12.1 Å². The molecular weight excluding hydrogens is 202 g/mol. The quantitative estimate of drug-likeness (QED) is 0.720. The van der Waals surface area contributed by atoms with Gasteiger partial charge >= 0.3 is 0 Å². The fourth-order valence-corrected chi connectivity index (χ4v) is 2.50. The molecule has 16 heavy (non-hydrogen) atoms. The zero-order valence-corrected chi connectivity index (χ0v) is 9.31. The van der Waals surface area contributed by atoms with Gasteiger partial charge in [-0.1, -0.05) is 6.08 Å². The first-order valence-corrected chi connectivity index (χ1v) is 5.62. The average Bonchev–Trinajstić information content (AvgIpc) is 2.29. The number of likely N-dealkylation sites (N-methyl/N-ethyl adjacent to an activating group) is 1. The summed E-state index contributed by atoms with van der Waals surface area (Å²) in [5.74, 6) is 1.19. The number of hydrogen-bond acceptors (Lipinski definition) is 3. The maximum absolute atomic E-state index is 9.55. The Balaban J connectivity index is 2.11. The van der Waals surface area contributed by atoms with Crippen molar-refractivity contribution in [2.75, 3.05) is 20.2 Å². The minimum atomic E-state index is 0.303. The number of hydrogen-bond donors (Lipinski definition) is 1. The summed E-state index contributed by atoms with van der Waals surface area (Å²) in [7, 11) is 2.12. The first-order chi connectivity index (χ1) is 7.75. The summed E-state index contributed by atoms with van der Waals surface area (Å²) in [6.45, 7) is 1.78. The maximum Gasteiger partial charge on any atom is 0.127 e. The molecule has 2 aliphatic rings. The third-order valence-electron chi connectivity index (χ3n) is 3.41. The molecule has 2 heterocycles. The normalized spacial score (nSPS) is 24.1. The number of benzene rings is 1. The fourth-order valence-electron chi connectivity index (χ4n) is 2.50. The number of nitrogens with zero attached hydrogens (tertiary/aromatic N) is 1. The summed E-state index contributed by atoms with van der Waals surface area (Å²) in [6, 6.07) is 5.65. The van der Waals surface area contributed by atoms with Gasteiger partial charge in [0, 0.05) is 12.1 Å². The Bertz CT molecular complexity index is 453. The van der Waals surface area contributed by atoms with E-state index < -0.39 is 0 Å². The molecule has 3 heteroatoms. The molecule has 2 aliphatic heterocycles. The van der Waals surface area contributed by atoms with Crippen molar-refractivity contribution < 1.29 is 9.84 Å². The summed E-state index contributed by atoms with van der Waals surface area (Å²) in [6.07, 6.45) is 3.34. The topological polar surface area (TPSA) is 32.7 Å². The average molecular weight is 217 g/mol. The maximum atomic E-state index is 9.55. The lowest BCUT2D eigenvalue weighted by atomic mass is 9.91. The van der Waals surface area contributed by atoms with E-state index in [-0.39, 0.29) is 0 Å². The Morgan fingerprint density at radius 2 is 2.31 bits per heavy atom. The van der Waals surface area contributed by atoms with Crippen LogP contribution in [0.15, 0.2) is 24.3 Å². The highest BCUT2D eigenvalue weighted by atomic mass is 16.5. The van der Waals surface area contributed by atoms with Crippen molar-refractivity contribution in [3.05, 3.63) is 29.8 Å². The van der Waals surface area contributed by atoms with Crippen LogP contribution in [-0.2, 0) is 0 Å². The Labute approximate surface area is 95.0 Å². The summed E-state index contributed by atoms with van der Waals surface area (Å²) in [5.41, 5.74) is 2.34. The van der Waals surface area contributed by atoms with Crippen LogP contribution in [0.5, 0.6) is 11.5 Å². The molecule has 1 unspecified atom stereocenters. The van der Waals surface area contributed by atoms with Gasteiger partial charge in [0.2, 0.25) is 0 Å². The summed E-state index contributed by atoms with van der Waals surface area (Å²) >= 11 is 0. The molecule has 0 saturated heterocycles. The van der Waals surface area contributed by atoms with Crippen LogP contribution in [0.25, 0.3) is 5.57 Å². The van der Waals surface area contributed by atoms with Gasteiger partial charge in [0.15, 0.2) is 0 Å². The van der Waals surface area contributed by atoms with Gasteiger partial charge in [-0.15, -0.1) is 0 Å². The van der Waals surface area contributed by atoms with Gasteiger partial charge in [0.25, 0.3) is 0 Å². The molecule has 0 amide bonds. The van der Waals surface area contributed by atoms with Crippen LogP contribution < -0.4 is 4.74 Å². The third-order valence-corrected chi connectivity index (χ3v) is 3.41. The van der Waals surface area contributed by atoms with Crippen molar-refractivity contribution in [3.63, 3.8) is 0 Å². The van der Waals surface area contributed by atoms with Gasteiger partial charge in [0.1, 0.15) is 18.1 Å². The zero-order valence-electron chi connectivity index (χ0n) is 9.31. The van der Waals surface area contributed by atoms with Gasteiger partial charge in [-0.2, -0.15) is 0 Å². The molecular formula is C13H15NO2. The molecule has 0 bridgehead atoms. The highest BCUT2D eigenvalue weighted by Gasteiger charge is 2.30. The lowest BCUT2D eigenvalue weighted by Gasteiger charge is -2.37. The molecule has 1 aromatic rings. The monoisotopic (exact) mass is 217 g/mol. The van der Waals surface area contributed by atoms with Gasteiger partial charge in [-0.05, 0) is 37.2 Å². The van der Waals surface area contributed by atoms with Gasteiger partial charge in [0.05, 0.1) is 6.04 Å². The zero-order chi connectivity index (χ0) is 11.1. The third kappa shape index (κ3) is 1.39. The first-order valence-electron chi connectivity index (χ1n) is 5.62. The van der Waals surface area contributed by atoms with Crippen LogP contribution in [0.4, 0.5) is 0 Å². The number of rotatable bonds is 0. The Kier molecular flexibility index (Phi) is 2.14. The minimum Gasteiger partial charge on any atom is -0.508 e. The van der Waals surface area contributed by atoms with Crippen molar-refractivity contribution in [2.24, 2.45) is 0 Å². The number of phenolic OH excluding ortho intramolecular Hbond substituents is 1. The molecule has 0 spiro atoms. The largest absolute Gasteiger partial charge is 0.508 e. The molecule has 0 aliphatic carbocycles. The molecule has 1 aromatic carbocycles. The van der Waals surface area contributed by atoms with Gasteiger partial charge < -0.3 is 9.84 Å². The summed E-state index contributed by atoms with van der Waals surface area (Å²) < 4.78 is 5.72. The molecule has 3 nitrogen and oxygen atoms in total. The molecule has 0 saturated carbocycles. The van der Waals surface area contributed by atoms with Crippen LogP contribution in [0.3, 0.4) is 0 Å². The Morgan fingerprint density at radius 1 is 1.44 bits per heavy atom. The van der Waals surface area contributed by atoms with Crippen LogP contribution >= 0.6 is 0 Å². The molecule has 84 valence electrons.